The SMILES string of the molecule is Cc1ccc(NS(=O)(=O)c2ccc(Cl)c(C(=O)N3CCOCC3)c2)cc1C. The Hall–Kier alpha value is -2.09. The van der Waals surface area contributed by atoms with E-state index in [2.05, 4.69) is 4.72 Å². The summed E-state index contributed by atoms with van der Waals surface area (Å²) in [6, 6.07) is 9.47. The van der Waals surface area contributed by atoms with E-state index in [-0.39, 0.29) is 21.4 Å². The summed E-state index contributed by atoms with van der Waals surface area (Å²) in [7, 11) is -3.85. The van der Waals surface area contributed by atoms with Crippen LogP contribution in [0.5, 0.6) is 0 Å². The van der Waals surface area contributed by atoms with Gasteiger partial charge in [-0.15, -0.1) is 0 Å². The van der Waals surface area contributed by atoms with Crippen molar-refractivity contribution in [3.8, 4) is 0 Å². The Balaban J connectivity index is 1.89. The van der Waals surface area contributed by atoms with Crippen molar-refractivity contribution in [1.29, 1.82) is 0 Å². The van der Waals surface area contributed by atoms with Gasteiger partial charge in [0.05, 0.1) is 28.7 Å². The highest BCUT2D eigenvalue weighted by Gasteiger charge is 2.23. The summed E-state index contributed by atoms with van der Waals surface area (Å²) in [5.74, 6) is -0.300. The molecule has 2 aromatic carbocycles. The first-order valence-corrected chi connectivity index (χ1v) is 10.4. The summed E-state index contributed by atoms with van der Waals surface area (Å²) in [6.07, 6.45) is 0. The van der Waals surface area contributed by atoms with Crippen LogP contribution in [0.15, 0.2) is 41.3 Å². The van der Waals surface area contributed by atoms with E-state index in [1.807, 2.05) is 19.9 Å². The van der Waals surface area contributed by atoms with Gasteiger partial charge < -0.3 is 9.64 Å². The zero-order valence-electron chi connectivity index (χ0n) is 15.2. The molecule has 144 valence electrons. The quantitative estimate of drug-likeness (QED) is 0.842. The van der Waals surface area contributed by atoms with E-state index in [1.165, 1.54) is 18.2 Å². The number of ether oxygens (including phenoxy) is 1. The van der Waals surface area contributed by atoms with Gasteiger partial charge in [0, 0.05) is 18.8 Å². The third kappa shape index (κ3) is 4.43. The van der Waals surface area contributed by atoms with E-state index >= 15 is 0 Å². The van der Waals surface area contributed by atoms with Crippen LogP contribution < -0.4 is 4.72 Å². The highest BCUT2D eigenvalue weighted by atomic mass is 35.5. The molecule has 0 bridgehead atoms. The lowest BCUT2D eigenvalue weighted by Crippen LogP contribution is -2.40. The fraction of sp³-hybridized carbons (Fsp3) is 0.316. The standard InChI is InChI=1S/C19H21ClN2O4S/c1-13-3-4-15(11-14(13)2)21-27(24,25)16-5-6-18(20)17(12-16)19(23)22-7-9-26-10-8-22/h3-6,11-12,21H,7-10H2,1-2H3. The Morgan fingerprint density at radius 2 is 1.78 bits per heavy atom. The molecule has 1 aliphatic rings. The van der Waals surface area contributed by atoms with E-state index < -0.39 is 10.0 Å². The second-order valence-corrected chi connectivity index (χ2v) is 8.54. The topological polar surface area (TPSA) is 75.7 Å². The van der Waals surface area contributed by atoms with Crippen LogP contribution in [-0.4, -0.2) is 45.5 Å². The van der Waals surface area contributed by atoms with Crippen LogP contribution in [0.1, 0.15) is 21.5 Å². The summed E-state index contributed by atoms with van der Waals surface area (Å²) in [6.45, 7) is 5.68. The molecule has 0 aromatic heterocycles. The number of hydrogen-bond acceptors (Lipinski definition) is 4. The van der Waals surface area contributed by atoms with Gasteiger partial charge in [-0.1, -0.05) is 17.7 Å². The maximum atomic E-state index is 12.8. The third-order valence-electron chi connectivity index (χ3n) is 4.54. The number of anilines is 1. The smallest absolute Gasteiger partial charge is 0.261 e. The molecule has 1 saturated heterocycles. The van der Waals surface area contributed by atoms with Crippen molar-refractivity contribution in [2.45, 2.75) is 18.7 Å². The van der Waals surface area contributed by atoms with Crippen LogP contribution in [0.25, 0.3) is 0 Å². The maximum Gasteiger partial charge on any atom is 0.261 e. The Bertz CT molecular complexity index is 970. The molecule has 0 unspecified atom stereocenters. The fourth-order valence-electron chi connectivity index (χ4n) is 2.79. The molecule has 27 heavy (non-hydrogen) atoms. The minimum absolute atomic E-state index is 0.0123. The number of nitrogens with one attached hydrogen (secondary N) is 1. The minimum atomic E-state index is -3.85. The Labute approximate surface area is 164 Å². The molecule has 3 rings (SSSR count). The molecule has 1 N–H and O–H groups in total. The predicted octanol–water partition coefficient (Wildman–Crippen LogP) is 3.23. The molecule has 2 aromatic rings. The molecule has 1 aliphatic heterocycles. The van der Waals surface area contributed by atoms with Gasteiger partial charge in [0.25, 0.3) is 15.9 Å². The number of amides is 1. The summed E-state index contributed by atoms with van der Waals surface area (Å²) in [5.41, 5.74) is 2.69. The van der Waals surface area contributed by atoms with E-state index in [9.17, 15) is 13.2 Å². The van der Waals surface area contributed by atoms with Gasteiger partial charge in [-0.25, -0.2) is 8.42 Å². The van der Waals surface area contributed by atoms with Gasteiger partial charge in [0.1, 0.15) is 0 Å². The molecule has 6 nitrogen and oxygen atoms in total. The highest BCUT2D eigenvalue weighted by molar-refractivity contribution is 7.92. The molecule has 0 radical (unpaired) electrons. The number of benzene rings is 2. The summed E-state index contributed by atoms with van der Waals surface area (Å²) >= 11 is 6.16. The molecular formula is C19H21ClN2O4S. The Morgan fingerprint density at radius 1 is 1.07 bits per heavy atom. The van der Waals surface area contributed by atoms with Gasteiger partial charge in [0.2, 0.25) is 0 Å². The summed E-state index contributed by atoms with van der Waals surface area (Å²) in [4.78, 5) is 14.3. The zero-order valence-corrected chi connectivity index (χ0v) is 16.7. The monoisotopic (exact) mass is 408 g/mol. The first-order chi connectivity index (χ1) is 12.8. The molecule has 8 heteroatoms. The number of nitrogens with zero attached hydrogens (tertiary/aromatic N) is 1. The van der Waals surface area contributed by atoms with Crippen LogP contribution in [0, 0.1) is 13.8 Å². The number of aryl methyl sites for hydroxylation is 2. The lowest BCUT2D eigenvalue weighted by molar-refractivity contribution is 0.0303. The minimum Gasteiger partial charge on any atom is -0.378 e. The number of carbonyl (C=O) groups is 1. The van der Waals surface area contributed by atoms with Gasteiger partial charge in [-0.2, -0.15) is 0 Å². The van der Waals surface area contributed by atoms with E-state index in [0.717, 1.165) is 11.1 Å². The van der Waals surface area contributed by atoms with Crippen molar-refractivity contribution in [2.75, 3.05) is 31.0 Å². The largest absolute Gasteiger partial charge is 0.378 e. The second kappa shape index (κ2) is 7.88. The number of hydrogen-bond donors (Lipinski definition) is 1. The molecule has 1 heterocycles. The number of morpholine rings is 1. The summed E-state index contributed by atoms with van der Waals surface area (Å²) < 4.78 is 33.3. The van der Waals surface area contributed by atoms with Crippen molar-refractivity contribution < 1.29 is 17.9 Å². The Morgan fingerprint density at radius 3 is 2.44 bits per heavy atom. The van der Waals surface area contributed by atoms with E-state index in [1.54, 1.807) is 17.0 Å². The average Bonchev–Trinajstić information content (AvgIpc) is 2.65. The second-order valence-electron chi connectivity index (χ2n) is 6.45. The fourth-order valence-corrected chi connectivity index (χ4v) is 4.06. The number of halogens is 1. The van der Waals surface area contributed by atoms with Gasteiger partial charge in [-0.05, 0) is 55.3 Å². The predicted molar refractivity (Wildman–Crippen MR) is 105 cm³/mol. The highest BCUT2D eigenvalue weighted by Crippen LogP contribution is 2.25. The molecular weight excluding hydrogens is 388 g/mol. The number of sulfonamides is 1. The van der Waals surface area contributed by atoms with Gasteiger partial charge in [-0.3, -0.25) is 9.52 Å². The van der Waals surface area contributed by atoms with Crippen LogP contribution >= 0.6 is 11.6 Å². The van der Waals surface area contributed by atoms with E-state index in [4.69, 9.17) is 16.3 Å². The van der Waals surface area contributed by atoms with Gasteiger partial charge in [0.15, 0.2) is 0 Å². The zero-order chi connectivity index (χ0) is 19.6. The van der Waals surface area contributed by atoms with Crippen molar-refractivity contribution >= 4 is 33.2 Å². The van der Waals surface area contributed by atoms with Crippen LogP contribution in [0.3, 0.4) is 0 Å². The number of rotatable bonds is 4. The molecule has 0 atom stereocenters. The van der Waals surface area contributed by atoms with Crippen molar-refractivity contribution in [3.63, 3.8) is 0 Å². The number of carbonyl (C=O) groups excluding carboxylic acids is 1. The molecule has 0 aliphatic carbocycles. The van der Waals surface area contributed by atoms with Crippen LogP contribution in [-0.2, 0) is 14.8 Å². The molecule has 1 fully saturated rings. The van der Waals surface area contributed by atoms with Crippen LogP contribution in [0.4, 0.5) is 5.69 Å². The van der Waals surface area contributed by atoms with Crippen molar-refractivity contribution in [2.24, 2.45) is 0 Å². The first kappa shape index (κ1) is 19.7. The van der Waals surface area contributed by atoms with E-state index in [0.29, 0.717) is 32.0 Å². The maximum absolute atomic E-state index is 12.8. The first-order valence-electron chi connectivity index (χ1n) is 8.54. The van der Waals surface area contributed by atoms with Crippen molar-refractivity contribution in [3.05, 3.63) is 58.1 Å². The van der Waals surface area contributed by atoms with Gasteiger partial charge >= 0.3 is 0 Å². The lowest BCUT2D eigenvalue weighted by Gasteiger charge is -2.27. The van der Waals surface area contributed by atoms with Crippen molar-refractivity contribution in [1.82, 2.24) is 4.90 Å². The molecule has 0 saturated carbocycles. The lowest BCUT2D eigenvalue weighted by atomic mass is 10.1. The van der Waals surface area contributed by atoms with Crippen LogP contribution in [0.2, 0.25) is 5.02 Å². The Kier molecular flexibility index (Phi) is 5.74. The molecule has 0 spiro atoms. The summed E-state index contributed by atoms with van der Waals surface area (Å²) in [5, 5.41) is 0.219. The third-order valence-corrected chi connectivity index (χ3v) is 6.24. The normalized spacial score (nSPS) is 14.9. The molecule has 1 amide bonds. The average molecular weight is 409 g/mol.